The van der Waals surface area contributed by atoms with Crippen LogP contribution in [0.3, 0.4) is 0 Å². The third kappa shape index (κ3) is 5.84. The number of halogens is 1. The molecular formula is C16H15ClN2O3S. The lowest BCUT2D eigenvalue weighted by atomic mass is 10.3. The highest BCUT2D eigenvalue weighted by Crippen LogP contribution is 2.26. The Hall–Kier alpha value is -2.18. The number of hydrogen-bond donors (Lipinski definition) is 2. The molecule has 0 aliphatic carbocycles. The number of nitrogens with one attached hydrogen (secondary N) is 1. The Bertz CT molecular complexity index is 692. The van der Waals surface area contributed by atoms with Crippen LogP contribution < -0.4 is 15.8 Å². The first-order valence-electron chi connectivity index (χ1n) is 6.73. The minimum Gasteiger partial charge on any atom is -0.484 e. The monoisotopic (exact) mass is 350 g/mol. The Kier molecular flexibility index (Phi) is 6.31. The van der Waals surface area contributed by atoms with E-state index in [1.807, 2.05) is 12.1 Å². The normalized spacial score (nSPS) is 10.1. The summed E-state index contributed by atoms with van der Waals surface area (Å²) in [7, 11) is 0. The Morgan fingerprint density at radius 2 is 1.83 bits per heavy atom. The van der Waals surface area contributed by atoms with Crippen molar-refractivity contribution in [1.29, 1.82) is 0 Å². The van der Waals surface area contributed by atoms with Crippen molar-refractivity contribution in [1.82, 2.24) is 0 Å². The van der Waals surface area contributed by atoms with Crippen LogP contribution in [0.1, 0.15) is 0 Å². The van der Waals surface area contributed by atoms with E-state index in [2.05, 4.69) is 5.32 Å². The third-order valence-electron chi connectivity index (χ3n) is 2.71. The first-order valence-corrected chi connectivity index (χ1v) is 8.09. The van der Waals surface area contributed by atoms with E-state index >= 15 is 0 Å². The molecule has 0 aromatic heterocycles. The molecule has 3 N–H and O–H groups in total. The number of carbonyl (C=O) groups excluding carboxylic acids is 2. The van der Waals surface area contributed by atoms with Gasteiger partial charge in [0.1, 0.15) is 5.75 Å². The minimum absolute atomic E-state index is 0.129. The molecule has 23 heavy (non-hydrogen) atoms. The molecule has 2 aromatic rings. The maximum absolute atomic E-state index is 12.0. The highest BCUT2D eigenvalue weighted by molar-refractivity contribution is 8.00. The first-order chi connectivity index (χ1) is 11.0. The summed E-state index contributed by atoms with van der Waals surface area (Å²) in [5, 5.41) is 3.35. The van der Waals surface area contributed by atoms with Crippen LogP contribution >= 0.6 is 23.4 Å². The number of rotatable bonds is 7. The smallest absolute Gasteiger partial charge is 0.262 e. The van der Waals surface area contributed by atoms with E-state index in [0.717, 1.165) is 4.90 Å². The van der Waals surface area contributed by atoms with E-state index in [1.54, 1.807) is 36.4 Å². The number of amides is 2. The van der Waals surface area contributed by atoms with Crippen molar-refractivity contribution in [3.8, 4) is 5.75 Å². The molecule has 0 unspecified atom stereocenters. The molecule has 0 radical (unpaired) electrons. The van der Waals surface area contributed by atoms with Crippen molar-refractivity contribution >= 4 is 40.9 Å². The van der Waals surface area contributed by atoms with Gasteiger partial charge in [-0.15, -0.1) is 11.8 Å². The third-order valence-corrected chi connectivity index (χ3v) is 4.06. The second-order valence-corrected chi connectivity index (χ2v) is 6.00. The largest absolute Gasteiger partial charge is 0.484 e. The van der Waals surface area contributed by atoms with Crippen molar-refractivity contribution < 1.29 is 14.3 Å². The van der Waals surface area contributed by atoms with E-state index in [9.17, 15) is 9.59 Å². The second-order valence-electron chi connectivity index (χ2n) is 4.54. The fourth-order valence-corrected chi connectivity index (χ4v) is 2.58. The highest BCUT2D eigenvalue weighted by Gasteiger charge is 2.09. The van der Waals surface area contributed by atoms with Crippen molar-refractivity contribution in [2.24, 2.45) is 5.73 Å². The van der Waals surface area contributed by atoms with Gasteiger partial charge in [0.15, 0.2) is 6.61 Å². The van der Waals surface area contributed by atoms with Gasteiger partial charge in [-0.3, -0.25) is 9.59 Å². The molecular weight excluding hydrogens is 336 g/mol. The summed E-state index contributed by atoms with van der Waals surface area (Å²) in [6, 6.07) is 13.9. The summed E-state index contributed by atoms with van der Waals surface area (Å²) in [6.45, 7) is -0.129. The minimum atomic E-state index is -0.415. The van der Waals surface area contributed by atoms with Crippen LogP contribution in [-0.4, -0.2) is 24.2 Å². The zero-order chi connectivity index (χ0) is 16.7. The van der Waals surface area contributed by atoms with Gasteiger partial charge in [-0.05, 0) is 36.4 Å². The fourth-order valence-electron chi connectivity index (χ4n) is 1.71. The molecule has 0 spiro atoms. The first kappa shape index (κ1) is 17.2. The number of primary amides is 1. The lowest BCUT2D eigenvalue weighted by Gasteiger charge is -2.11. The molecule has 2 aromatic carbocycles. The maximum Gasteiger partial charge on any atom is 0.262 e. The van der Waals surface area contributed by atoms with Crippen LogP contribution in [0.25, 0.3) is 0 Å². The van der Waals surface area contributed by atoms with E-state index in [4.69, 9.17) is 22.1 Å². The van der Waals surface area contributed by atoms with Gasteiger partial charge < -0.3 is 15.8 Å². The number of hydrogen-bond acceptors (Lipinski definition) is 4. The Balaban J connectivity index is 1.92. The van der Waals surface area contributed by atoms with Crippen LogP contribution in [0.2, 0.25) is 5.02 Å². The van der Waals surface area contributed by atoms with Gasteiger partial charge in [-0.2, -0.15) is 0 Å². The number of para-hydroxylation sites is 1. The zero-order valence-corrected chi connectivity index (χ0v) is 13.7. The van der Waals surface area contributed by atoms with E-state index < -0.39 is 5.91 Å². The van der Waals surface area contributed by atoms with Gasteiger partial charge in [0.05, 0.1) is 11.4 Å². The molecule has 0 fully saturated rings. The van der Waals surface area contributed by atoms with Gasteiger partial charge in [-0.1, -0.05) is 23.7 Å². The van der Waals surface area contributed by atoms with Gasteiger partial charge in [0, 0.05) is 9.92 Å². The zero-order valence-electron chi connectivity index (χ0n) is 12.1. The SMILES string of the molecule is NC(=O)CSc1ccccc1NC(=O)COc1ccc(Cl)cc1. The van der Waals surface area contributed by atoms with Crippen LogP contribution in [0.15, 0.2) is 53.4 Å². The molecule has 120 valence electrons. The average molecular weight is 351 g/mol. The lowest BCUT2D eigenvalue weighted by molar-refractivity contribution is -0.118. The summed E-state index contributed by atoms with van der Waals surface area (Å²) >= 11 is 7.05. The number of ether oxygens (including phenoxy) is 1. The molecule has 0 aliphatic rings. The van der Waals surface area contributed by atoms with Crippen molar-refractivity contribution in [3.05, 3.63) is 53.6 Å². The summed E-state index contributed by atoms with van der Waals surface area (Å²) in [5.41, 5.74) is 5.75. The standard InChI is InChI=1S/C16H15ClN2O3S/c17-11-5-7-12(8-6-11)22-9-16(21)19-13-3-1-2-4-14(13)23-10-15(18)20/h1-8H,9-10H2,(H2,18,20)(H,19,21). The van der Waals surface area contributed by atoms with Gasteiger partial charge in [0.25, 0.3) is 5.91 Å². The molecule has 0 saturated carbocycles. The van der Waals surface area contributed by atoms with Crippen molar-refractivity contribution in [3.63, 3.8) is 0 Å². The average Bonchev–Trinajstić information content (AvgIpc) is 2.53. The Labute approximate surface area is 143 Å². The predicted molar refractivity (Wildman–Crippen MR) is 91.9 cm³/mol. The van der Waals surface area contributed by atoms with Crippen molar-refractivity contribution in [2.75, 3.05) is 17.7 Å². The number of benzene rings is 2. The van der Waals surface area contributed by atoms with Crippen LogP contribution in [-0.2, 0) is 9.59 Å². The molecule has 0 atom stereocenters. The van der Waals surface area contributed by atoms with Gasteiger partial charge >= 0.3 is 0 Å². The Morgan fingerprint density at radius 1 is 1.13 bits per heavy atom. The number of nitrogens with two attached hydrogens (primary N) is 1. The summed E-state index contributed by atoms with van der Waals surface area (Å²) in [5.74, 6) is -0.0102. The molecule has 0 bridgehead atoms. The quantitative estimate of drug-likeness (QED) is 0.752. The van der Waals surface area contributed by atoms with Crippen molar-refractivity contribution in [2.45, 2.75) is 4.90 Å². The maximum atomic E-state index is 12.0. The molecule has 2 rings (SSSR count). The lowest BCUT2D eigenvalue weighted by Crippen LogP contribution is -2.20. The summed E-state index contributed by atoms with van der Waals surface area (Å²) in [6.07, 6.45) is 0. The van der Waals surface area contributed by atoms with Crippen LogP contribution in [0.5, 0.6) is 5.75 Å². The van der Waals surface area contributed by atoms with Gasteiger partial charge in [0.2, 0.25) is 5.91 Å². The molecule has 5 nitrogen and oxygen atoms in total. The molecule has 7 heteroatoms. The highest BCUT2D eigenvalue weighted by atomic mass is 35.5. The summed E-state index contributed by atoms with van der Waals surface area (Å²) in [4.78, 5) is 23.6. The Morgan fingerprint density at radius 3 is 2.52 bits per heavy atom. The van der Waals surface area contributed by atoms with E-state index in [0.29, 0.717) is 16.5 Å². The van der Waals surface area contributed by atoms with Crippen LogP contribution in [0, 0.1) is 0 Å². The molecule has 0 heterocycles. The van der Waals surface area contributed by atoms with Gasteiger partial charge in [-0.25, -0.2) is 0 Å². The number of thioether (sulfide) groups is 1. The molecule has 2 amide bonds. The second kappa shape index (κ2) is 8.45. The predicted octanol–water partition coefficient (Wildman–Crippen LogP) is 2.93. The van der Waals surface area contributed by atoms with E-state index in [1.165, 1.54) is 11.8 Å². The topological polar surface area (TPSA) is 81.4 Å². The fraction of sp³-hybridized carbons (Fsp3) is 0.125. The number of anilines is 1. The summed E-state index contributed by atoms with van der Waals surface area (Å²) < 4.78 is 5.38. The molecule has 0 saturated heterocycles. The number of carbonyl (C=O) groups is 2. The van der Waals surface area contributed by atoms with E-state index in [-0.39, 0.29) is 18.3 Å². The van der Waals surface area contributed by atoms with Crippen LogP contribution in [0.4, 0.5) is 5.69 Å². The molecule has 0 aliphatic heterocycles.